The van der Waals surface area contributed by atoms with Gasteiger partial charge < -0.3 is 10.6 Å². The van der Waals surface area contributed by atoms with Crippen LogP contribution < -0.4 is 10.6 Å². The monoisotopic (exact) mass is 492 g/mol. The summed E-state index contributed by atoms with van der Waals surface area (Å²) in [5, 5.41) is 5.91. The molecule has 2 heterocycles. The Bertz CT molecular complexity index is 1400. The Labute approximate surface area is 205 Å². The molecule has 0 aliphatic carbocycles. The van der Waals surface area contributed by atoms with Crippen molar-refractivity contribution in [1.82, 2.24) is 19.9 Å². The quantitative estimate of drug-likeness (QED) is 0.343. The van der Waals surface area contributed by atoms with Gasteiger partial charge in [0.1, 0.15) is 18.5 Å². The first kappa shape index (κ1) is 24.8. The molecule has 4 rings (SSSR count). The van der Waals surface area contributed by atoms with E-state index in [0.29, 0.717) is 34.0 Å². The number of benzene rings is 2. The Morgan fingerprint density at radius 1 is 0.944 bits per heavy atom. The number of rotatable bonds is 6. The summed E-state index contributed by atoms with van der Waals surface area (Å²) in [4.78, 5) is 29.9. The fraction of sp³-hybridized carbons (Fsp3) is 0.192. The van der Waals surface area contributed by atoms with Crippen molar-refractivity contribution in [2.45, 2.75) is 33.0 Å². The van der Waals surface area contributed by atoms with Gasteiger partial charge in [0, 0.05) is 40.7 Å². The number of alkyl halides is 3. The number of amides is 1. The van der Waals surface area contributed by atoms with Crippen LogP contribution in [0.25, 0.3) is 22.5 Å². The number of halogens is 3. The zero-order chi connectivity index (χ0) is 25.9. The van der Waals surface area contributed by atoms with E-state index in [9.17, 15) is 18.0 Å². The standard InChI is InChI=1S/C26H23F3N6O/c1-15(2)34-23-11-22(31-14-32-23)21-12-30-13-33-24(21)20-10-19(8-7-16(20)3)35-25(36)17-5-4-6-18(9-17)26(27,28)29/h4-15H,1-3H3,(H,35,36)(H,31,32,34). The number of hydrogen-bond acceptors (Lipinski definition) is 6. The van der Waals surface area contributed by atoms with E-state index in [4.69, 9.17) is 0 Å². The second-order valence-electron chi connectivity index (χ2n) is 8.43. The zero-order valence-electron chi connectivity index (χ0n) is 19.8. The normalized spacial score (nSPS) is 11.4. The minimum atomic E-state index is -4.54. The van der Waals surface area contributed by atoms with Crippen molar-refractivity contribution < 1.29 is 18.0 Å². The van der Waals surface area contributed by atoms with Crippen molar-refractivity contribution in [3.63, 3.8) is 0 Å². The van der Waals surface area contributed by atoms with E-state index in [-0.39, 0.29) is 11.6 Å². The number of nitrogens with one attached hydrogen (secondary N) is 2. The zero-order valence-corrected chi connectivity index (χ0v) is 19.8. The number of aromatic nitrogens is 4. The number of carbonyl (C=O) groups is 1. The molecule has 36 heavy (non-hydrogen) atoms. The minimum absolute atomic E-state index is 0.0964. The third-order valence-electron chi connectivity index (χ3n) is 5.29. The highest BCUT2D eigenvalue weighted by Gasteiger charge is 2.31. The lowest BCUT2D eigenvalue weighted by atomic mass is 9.99. The fourth-order valence-corrected chi connectivity index (χ4v) is 3.61. The third kappa shape index (κ3) is 5.65. The molecule has 0 spiro atoms. The van der Waals surface area contributed by atoms with Gasteiger partial charge in [-0.2, -0.15) is 13.2 Å². The molecule has 0 atom stereocenters. The summed E-state index contributed by atoms with van der Waals surface area (Å²) >= 11 is 0. The summed E-state index contributed by atoms with van der Waals surface area (Å²) in [6.45, 7) is 5.90. The van der Waals surface area contributed by atoms with Crippen LogP contribution in [0.5, 0.6) is 0 Å². The van der Waals surface area contributed by atoms with Gasteiger partial charge in [-0.1, -0.05) is 12.1 Å². The number of nitrogens with zero attached hydrogens (tertiary/aromatic N) is 4. The van der Waals surface area contributed by atoms with E-state index in [0.717, 1.165) is 17.7 Å². The Morgan fingerprint density at radius 3 is 2.50 bits per heavy atom. The van der Waals surface area contributed by atoms with E-state index >= 15 is 0 Å². The van der Waals surface area contributed by atoms with E-state index in [2.05, 4.69) is 30.6 Å². The van der Waals surface area contributed by atoms with Crippen LogP contribution in [0.1, 0.15) is 35.3 Å². The van der Waals surface area contributed by atoms with Gasteiger partial charge in [0.15, 0.2) is 0 Å². The number of anilines is 2. The average molecular weight is 493 g/mol. The number of carbonyl (C=O) groups excluding carboxylic acids is 1. The first-order valence-electron chi connectivity index (χ1n) is 11.1. The van der Waals surface area contributed by atoms with E-state index in [1.165, 1.54) is 24.8 Å². The summed E-state index contributed by atoms with van der Waals surface area (Å²) in [7, 11) is 0. The van der Waals surface area contributed by atoms with E-state index in [1.54, 1.807) is 30.5 Å². The molecule has 0 saturated heterocycles. The number of aryl methyl sites for hydroxylation is 1. The van der Waals surface area contributed by atoms with Gasteiger partial charge in [-0.05, 0) is 56.7 Å². The molecule has 2 aromatic carbocycles. The van der Waals surface area contributed by atoms with E-state index in [1.807, 2.05) is 20.8 Å². The van der Waals surface area contributed by atoms with Crippen LogP contribution in [0, 0.1) is 6.92 Å². The van der Waals surface area contributed by atoms with Crippen LogP contribution in [-0.4, -0.2) is 31.9 Å². The molecule has 10 heteroatoms. The molecule has 0 unspecified atom stereocenters. The smallest absolute Gasteiger partial charge is 0.368 e. The maximum Gasteiger partial charge on any atom is 0.416 e. The lowest BCUT2D eigenvalue weighted by Crippen LogP contribution is -2.14. The molecule has 0 aliphatic heterocycles. The van der Waals surface area contributed by atoms with Crippen molar-refractivity contribution in [3.05, 3.63) is 84.1 Å². The van der Waals surface area contributed by atoms with Gasteiger partial charge in [0.05, 0.1) is 17.0 Å². The summed E-state index contributed by atoms with van der Waals surface area (Å²) < 4.78 is 39.2. The molecular weight excluding hydrogens is 469 g/mol. The van der Waals surface area contributed by atoms with Crippen LogP contribution in [0.2, 0.25) is 0 Å². The highest BCUT2D eigenvalue weighted by Crippen LogP contribution is 2.33. The SMILES string of the molecule is Cc1ccc(NC(=O)c2cccc(C(F)(F)F)c2)cc1-c1ncncc1-c1cc(NC(C)C)ncn1. The summed E-state index contributed by atoms with van der Waals surface area (Å²) in [6, 6.07) is 11.5. The maximum absolute atomic E-state index is 13.1. The van der Waals surface area contributed by atoms with Gasteiger partial charge in [-0.15, -0.1) is 0 Å². The molecule has 0 aliphatic rings. The molecule has 1 amide bonds. The molecule has 0 saturated carbocycles. The second kappa shape index (κ2) is 10.1. The van der Waals surface area contributed by atoms with Crippen LogP contribution >= 0.6 is 0 Å². The largest absolute Gasteiger partial charge is 0.416 e. The highest BCUT2D eigenvalue weighted by atomic mass is 19.4. The summed E-state index contributed by atoms with van der Waals surface area (Å²) in [6.07, 6.45) is -0.0184. The lowest BCUT2D eigenvalue weighted by Gasteiger charge is -2.14. The maximum atomic E-state index is 13.1. The van der Waals surface area contributed by atoms with Crippen LogP contribution in [0.15, 0.2) is 67.4 Å². The Hall–Kier alpha value is -4.34. The van der Waals surface area contributed by atoms with Gasteiger partial charge in [-0.25, -0.2) is 19.9 Å². The second-order valence-corrected chi connectivity index (χ2v) is 8.43. The van der Waals surface area contributed by atoms with Gasteiger partial charge >= 0.3 is 6.18 Å². The van der Waals surface area contributed by atoms with Crippen LogP contribution in [0.3, 0.4) is 0 Å². The topological polar surface area (TPSA) is 92.7 Å². The molecule has 0 radical (unpaired) electrons. The van der Waals surface area contributed by atoms with Crippen molar-refractivity contribution in [2.24, 2.45) is 0 Å². The average Bonchev–Trinajstić information content (AvgIpc) is 2.84. The molecule has 2 aromatic heterocycles. The predicted molar refractivity (Wildman–Crippen MR) is 131 cm³/mol. The first-order valence-corrected chi connectivity index (χ1v) is 11.1. The molecule has 0 fully saturated rings. The molecule has 0 bridgehead atoms. The van der Waals surface area contributed by atoms with Gasteiger partial charge in [-0.3, -0.25) is 4.79 Å². The molecule has 7 nitrogen and oxygen atoms in total. The molecule has 4 aromatic rings. The fourth-order valence-electron chi connectivity index (χ4n) is 3.61. The van der Waals surface area contributed by atoms with Crippen LogP contribution in [0.4, 0.5) is 24.7 Å². The van der Waals surface area contributed by atoms with Crippen molar-refractivity contribution in [2.75, 3.05) is 10.6 Å². The van der Waals surface area contributed by atoms with Crippen LogP contribution in [-0.2, 0) is 6.18 Å². The summed E-state index contributed by atoms with van der Waals surface area (Å²) in [5.41, 5.74) is 2.88. The Kier molecular flexibility index (Phi) is 6.96. The summed E-state index contributed by atoms with van der Waals surface area (Å²) in [5.74, 6) is 0.00245. The Balaban J connectivity index is 1.67. The third-order valence-corrected chi connectivity index (χ3v) is 5.29. The predicted octanol–water partition coefficient (Wildman–Crippen LogP) is 6.00. The van der Waals surface area contributed by atoms with Gasteiger partial charge in [0.2, 0.25) is 0 Å². The lowest BCUT2D eigenvalue weighted by molar-refractivity contribution is -0.137. The minimum Gasteiger partial charge on any atom is -0.368 e. The number of hydrogen-bond donors (Lipinski definition) is 2. The van der Waals surface area contributed by atoms with Crippen molar-refractivity contribution in [1.29, 1.82) is 0 Å². The highest BCUT2D eigenvalue weighted by molar-refractivity contribution is 6.04. The Morgan fingerprint density at radius 2 is 1.75 bits per heavy atom. The van der Waals surface area contributed by atoms with Crippen molar-refractivity contribution >= 4 is 17.4 Å². The molecular formula is C26H23F3N6O. The van der Waals surface area contributed by atoms with E-state index < -0.39 is 17.6 Å². The molecule has 184 valence electrons. The van der Waals surface area contributed by atoms with Gasteiger partial charge in [0.25, 0.3) is 5.91 Å². The van der Waals surface area contributed by atoms with Crippen molar-refractivity contribution in [3.8, 4) is 22.5 Å². The molecule has 2 N–H and O–H groups in total. The first-order chi connectivity index (χ1) is 17.1.